The summed E-state index contributed by atoms with van der Waals surface area (Å²) < 4.78 is 29.2. The van der Waals surface area contributed by atoms with Gasteiger partial charge in [0.25, 0.3) is 0 Å². The van der Waals surface area contributed by atoms with Gasteiger partial charge in [0.15, 0.2) is 17.7 Å². The number of halogens is 4. The number of rotatable bonds is 4. The number of anilines is 4. The molecule has 0 saturated carbocycles. The number of H-pyrrole nitrogens is 2. The fraction of sp³-hybridized carbons (Fsp3) is 0. The zero-order valence-corrected chi connectivity index (χ0v) is 17.8. The predicted octanol–water partition coefficient (Wildman–Crippen LogP) is 4.40. The van der Waals surface area contributed by atoms with E-state index in [9.17, 15) is 13.6 Å². The zero-order chi connectivity index (χ0) is 21.3. The Kier molecular flexibility index (Phi) is 7.63. The topological polar surface area (TPSA) is 151 Å². The Labute approximate surface area is 192 Å². The van der Waals surface area contributed by atoms with E-state index in [1.807, 2.05) is 0 Å². The summed E-state index contributed by atoms with van der Waals surface area (Å²) >= 11 is 0. The maximum atomic E-state index is 14.8. The van der Waals surface area contributed by atoms with Gasteiger partial charge >= 0.3 is 6.03 Å². The third-order valence-corrected chi connectivity index (χ3v) is 4.25. The van der Waals surface area contributed by atoms with Crippen LogP contribution in [0.2, 0.25) is 0 Å². The van der Waals surface area contributed by atoms with Gasteiger partial charge in [0.05, 0.1) is 29.5 Å². The molecule has 32 heavy (non-hydrogen) atoms. The number of amides is 2. The molecular weight excluding hydrogens is 465 g/mol. The first-order chi connectivity index (χ1) is 14.4. The van der Waals surface area contributed by atoms with E-state index < -0.39 is 17.7 Å². The van der Waals surface area contributed by atoms with Gasteiger partial charge in [0.2, 0.25) is 0 Å². The summed E-state index contributed by atoms with van der Waals surface area (Å²) in [6.07, 6.45) is 2.78. The summed E-state index contributed by atoms with van der Waals surface area (Å²) in [7, 11) is 0. The van der Waals surface area contributed by atoms with Gasteiger partial charge in [0, 0.05) is 16.8 Å². The zero-order valence-electron chi connectivity index (χ0n) is 16.1. The summed E-state index contributed by atoms with van der Waals surface area (Å²) in [4.78, 5) is 25.4. The maximum Gasteiger partial charge on any atom is 0.323 e. The number of carbonyl (C=O) groups excluding carboxylic acids is 1. The summed E-state index contributed by atoms with van der Waals surface area (Å²) in [5.74, 6) is -0.965. The molecule has 168 valence electrons. The average molecular weight is 483 g/mol. The van der Waals surface area contributed by atoms with Crippen LogP contribution < -0.4 is 22.1 Å². The molecule has 0 aliphatic rings. The lowest BCUT2D eigenvalue weighted by atomic mass is 10.1. The van der Waals surface area contributed by atoms with Crippen molar-refractivity contribution in [2.45, 2.75) is 0 Å². The van der Waals surface area contributed by atoms with Gasteiger partial charge < -0.3 is 32.1 Å². The van der Waals surface area contributed by atoms with E-state index in [2.05, 4.69) is 30.6 Å². The highest BCUT2D eigenvalue weighted by atomic mass is 35.5. The minimum absolute atomic E-state index is 0. The van der Waals surface area contributed by atoms with Crippen LogP contribution in [0.25, 0.3) is 22.5 Å². The Hall–Kier alpha value is -3.83. The molecule has 8 N–H and O–H groups in total. The van der Waals surface area contributed by atoms with E-state index in [0.717, 1.165) is 6.07 Å². The van der Waals surface area contributed by atoms with Crippen LogP contribution >= 0.6 is 24.8 Å². The van der Waals surface area contributed by atoms with Crippen LogP contribution in [0.4, 0.5) is 36.8 Å². The minimum atomic E-state index is -0.742. The van der Waals surface area contributed by atoms with Crippen molar-refractivity contribution in [3.8, 4) is 22.5 Å². The predicted molar refractivity (Wildman–Crippen MR) is 124 cm³/mol. The van der Waals surface area contributed by atoms with Crippen LogP contribution in [0.1, 0.15) is 0 Å². The van der Waals surface area contributed by atoms with Gasteiger partial charge in [-0.25, -0.2) is 23.5 Å². The third kappa shape index (κ3) is 5.07. The Balaban J connectivity index is 0.00000181. The first-order valence-corrected chi connectivity index (χ1v) is 8.68. The van der Waals surface area contributed by atoms with Gasteiger partial charge in [-0.3, -0.25) is 0 Å². The van der Waals surface area contributed by atoms with Crippen molar-refractivity contribution < 1.29 is 13.6 Å². The fourth-order valence-electron chi connectivity index (χ4n) is 2.88. The maximum absolute atomic E-state index is 14.8. The monoisotopic (exact) mass is 482 g/mol. The molecule has 2 amide bonds. The van der Waals surface area contributed by atoms with Crippen LogP contribution in [0.5, 0.6) is 0 Å². The van der Waals surface area contributed by atoms with Crippen molar-refractivity contribution >= 4 is 54.1 Å². The summed E-state index contributed by atoms with van der Waals surface area (Å²) in [6.45, 7) is 0. The standard InChI is InChI=1S/C19H16F2N8O.2ClH/c20-12-6-9(4-5-10(12)14-7-24-17(22)27-14)26-19(30)29-13-3-1-2-11(16(13)21)15-8-25-18(23)28-15;;/h1-8H,(H3,22,24,27)(H3,23,25,28)(H2,26,29,30);2*1H. The molecule has 0 bridgehead atoms. The number of urea groups is 1. The molecule has 0 atom stereocenters. The Morgan fingerprint density at radius 3 is 2.06 bits per heavy atom. The van der Waals surface area contributed by atoms with Crippen molar-refractivity contribution in [2.75, 3.05) is 22.1 Å². The van der Waals surface area contributed by atoms with Gasteiger partial charge in [-0.2, -0.15) is 0 Å². The molecule has 0 radical (unpaired) electrons. The Bertz CT molecular complexity index is 1240. The lowest BCUT2D eigenvalue weighted by molar-refractivity contribution is 0.262. The molecule has 0 spiro atoms. The number of hydrogen-bond donors (Lipinski definition) is 6. The van der Waals surface area contributed by atoms with E-state index in [1.165, 1.54) is 36.7 Å². The summed E-state index contributed by atoms with van der Waals surface area (Å²) in [6, 6.07) is 7.82. The number of hydrogen-bond acceptors (Lipinski definition) is 5. The van der Waals surface area contributed by atoms with E-state index in [0.29, 0.717) is 11.4 Å². The quantitative estimate of drug-likeness (QED) is 0.254. The van der Waals surface area contributed by atoms with Crippen molar-refractivity contribution in [3.63, 3.8) is 0 Å². The van der Waals surface area contributed by atoms with Crippen molar-refractivity contribution in [1.82, 2.24) is 19.9 Å². The molecule has 0 saturated heterocycles. The van der Waals surface area contributed by atoms with Crippen molar-refractivity contribution in [2.24, 2.45) is 0 Å². The molecule has 2 aromatic heterocycles. The highest BCUT2D eigenvalue weighted by molar-refractivity contribution is 6.00. The molecule has 2 aromatic carbocycles. The number of nitrogen functional groups attached to an aromatic ring is 2. The van der Waals surface area contributed by atoms with E-state index in [1.54, 1.807) is 6.07 Å². The third-order valence-electron chi connectivity index (χ3n) is 4.25. The second-order valence-corrected chi connectivity index (χ2v) is 6.31. The smallest absolute Gasteiger partial charge is 0.323 e. The SMILES string of the molecule is Cl.Cl.Nc1ncc(-c2ccc(NC(=O)Nc3cccc(-c4cnc(N)[nH]4)c3F)cc2F)[nH]1. The Morgan fingerprint density at radius 1 is 0.875 bits per heavy atom. The van der Waals surface area contributed by atoms with E-state index in [-0.39, 0.29) is 59.2 Å². The van der Waals surface area contributed by atoms with Crippen molar-refractivity contribution in [3.05, 3.63) is 60.4 Å². The molecule has 0 fully saturated rings. The molecule has 4 rings (SSSR count). The molecule has 4 aromatic rings. The van der Waals surface area contributed by atoms with Gasteiger partial charge in [-0.15, -0.1) is 24.8 Å². The van der Waals surface area contributed by atoms with E-state index >= 15 is 0 Å². The number of nitrogens with one attached hydrogen (secondary N) is 4. The fourth-order valence-corrected chi connectivity index (χ4v) is 2.88. The van der Waals surface area contributed by atoms with Gasteiger partial charge in [0.1, 0.15) is 5.82 Å². The number of aromatic amines is 2. The summed E-state index contributed by atoms with van der Waals surface area (Å²) in [5.41, 5.74) is 12.3. The number of aromatic nitrogens is 4. The van der Waals surface area contributed by atoms with Crippen LogP contribution in [0, 0.1) is 11.6 Å². The van der Waals surface area contributed by atoms with Crippen LogP contribution in [0.15, 0.2) is 48.8 Å². The molecule has 2 heterocycles. The van der Waals surface area contributed by atoms with Crippen molar-refractivity contribution in [1.29, 1.82) is 0 Å². The molecular formula is C19H18Cl2F2N8O. The average Bonchev–Trinajstić information content (AvgIpc) is 3.32. The second kappa shape index (κ2) is 9.98. The highest BCUT2D eigenvalue weighted by Gasteiger charge is 2.15. The number of imidazole rings is 2. The molecule has 0 aliphatic heterocycles. The number of nitrogens with two attached hydrogens (primary N) is 2. The van der Waals surface area contributed by atoms with Gasteiger partial charge in [-0.05, 0) is 30.3 Å². The lowest BCUT2D eigenvalue weighted by Gasteiger charge is -2.11. The largest absolute Gasteiger partial charge is 0.369 e. The van der Waals surface area contributed by atoms with Crippen LogP contribution in [-0.4, -0.2) is 26.0 Å². The highest BCUT2D eigenvalue weighted by Crippen LogP contribution is 2.27. The van der Waals surface area contributed by atoms with Crippen LogP contribution in [0.3, 0.4) is 0 Å². The minimum Gasteiger partial charge on any atom is -0.369 e. The molecule has 0 aliphatic carbocycles. The van der Waals surface area contributed by atoms with E-state index in [4.69, 9.17) is 11.5 Å². The molecule has 13 heteroatoms. The Morgan fingerprint density at radius 2 is 1.50 bits per heavy atom. The number of benzene rings is 2. The first-order valence-electron chi connectivity index (χ1n) is 8.68. The lowest BCUT2D eigenvalue weighted by Crippen LogP contribution is -2.20. The normalized spacial score (nSPS) is 10.1. The second-order valence-electron chi connectivity index (χ2n) is 6.31. The summed E-state index contributed by atoms with van der Waals surface area (Å²) in [5, 5.41) is 4.86. The first kappa shape index (κ1) is 24.4. The van der Waals surface area contributed by atoms with Crippen LogP contribution in [-0.2, 0) is 0 Å². The molecule has 9 nitrogen and oxygen atoms in total. The van der Waals surface area contributed by atoms with Gasteiger partial charge in [-0.1, -0.05) is 6.07 Å². The molecule has 0 unspecified atom stereocenters. The number of nitrogens with zero attached hydrogens (tertiary/aromatic N) is 2. The number of carbonyl (C=O) groups is 1.